The van der Waals surface area contributed by atoms with Crippen LogP contribution < -0.4 is 21.5 Å². The third-order valence-electron chi connectivity index (χ3n) is 4.05. The molecule has 0 radical (unpaired) electrons. The molecule has 5 N–H and O–H groups in total. The number of nitrogens with two attached hydrogens (primary N) is 1. The van der Waals surface area contributed by atoms with E-state index in [1.165, 1.54) is 18.7 Å². The van der Waals surface area contributed by atoms with Crippen LogP contribution in [0.4, 0.5) is 17.3 Å². The molecule has 0 atom stereocenters. The second-order valence-electron chi connectivity index (χ2n) is 5.62. The Morgan fingerprint density at radius 1 is 1.32 bits per heavy atom. The van der Waals surface area contributed by atoms with Crippen molar-refractivity contribution in [2.75, 3.05) is 29.1 Å². The Hall–Kier alpha value is -3.30. The second-order valence-corrected chi connectivity index (χ2v) is 5.62. The third-order valence-corrected chi connectivity index (χ3v) is 4.05. The molecular formula is C15H18N6O4. The summed E-state index contributed by atoms with van der Waals surface area (Å²) in [5.74, 6) is -0.676. The number of hydrazine groups is 1. The van der Waals surface area contributed by atoms with Gasteiger partial charge in [-0.3, -0.25) is 20.4 Å². The lowest BCUT2D eigenvalue weighted by Gasteiger charge is -2.31. The van der Waals surface area contributed by atoms with Gasteiger partial charge in [-0.2, -0.15) is 0 Å². The van der Waals surface area contributed by atoms with Gasteiger partial charge < -0.3 is 20.2 Å². The molecule has 10 heteroatoms. The molecule has 1 aliphatic heterocycles. The van der Waals surface area contributed by atoms with E-state index in [-0.39, 0.29) is 23.2 Å². The highest BCUT2D eigenvalue weighted by molar-refractivity contribution is 5.92. The van der Waals surface area contributed by atoms with E-state index in [4.69, 9.17) is 15.3 Å². The molecule has 0 spiro atoms. The number of anilines is 3. The van der Waals surface area contributed by atoms with Crippen molar-refractivity contribution in [1.29, 1.82) is 0 Å². The first-order valence-corrected chi connectivity index (χ1v) is 7.74. The number of aromatic nitrogens is 2. The number of hydrogen-bond donors (Lipinski definition) is 4. The predicted molar refractivity (Wildman–Crippen MR) is 88.8 cm³/mol. The minimum absolute atomic E-state index is 0.149. The lowest BCUT2D eigenvalue weighted by atomic mass is 9.97. The maximum atomic E-state index is 11.9. The normalized spacial score (nSPS) is 15.0. The van der Waals surface area contributed by atoms with Gasteiger partial charge in [-0.25, -0.2) is 9.97 Å². The minimum atomic E-state index is -0.779. The molecule has 1 saturated heterocycles. The number of furan rings is 1. The number of nitrogens with zero attached hydrogens (tertiary/aromatic N) is 3. The van der Waals surface area contributed by atoms with Gasteiger partial charge in [0.15, 0.2) is 17.4 Å². The predicted octanol–water partition coefficient (Wildman–Crippen LogP) is 0.710. The summed E-state index contributed by atoms with van der Waals surface area (Å²) in [6.45, 7) is 1.08. The quantitative estimate of drug-likeness (QED) is 0.575. The van der Waals surface area contributed by atoms with Crippen LogP contribution in [0, 0.1) is 5.92 Å². The summed E-state index contributed by atoms with van der Waals surface area (Å²) in [6.07, 6.45) is 3.77. The molecule has 1 amide bonds. The molecule has 0 aromatic carbocycles. The van der Waals surface area contributed by atoms with Crippen molar-refractivity contribution in [2.24, 2.45) is 5.92 Å². The van der Waals surface area contributed by atoms with E-state index in [1.54, 1.807) is 6.07 Å². The van der Waals surface area contributed by atoms with Crippen molar-refractivity contribution >= 4 is 29.2 Å². The molecule has 0 unspecified atom stereocenters. The Kier molecular flexibility index (Phi) is 4.68. The summed E-state index contributed by atoms with van der Waals surface area (Å²) in [7, 11) is 0. The SMILES string of the molecule is Nc1c(NNC(=O)c2ccco2)ncnc1N1CCC(C(=O)O)CC1. The minimum Gasteiger partial charge on any atom is -0.481 e. The number of carbonyl (C=O) groups is 2. The van der Waals surface area contributed by atoms with Crippen molar-refractivity contribution < 1.29 is 19.1 Å². The van der Waals surface area contributed by atoms with Crippen molar-refractivity contribution in [3.63, 3.8) is 0 Å². The fourth-order valence-corrected chi connectivity index (χ4v) is 2.66. The first-order valence-electron chi connectivity index (χ1n) is 7.74. The van der Waals surface area contributed by atoms with E-state index in [0.29, 0.717) is 31.7 Å². The van der Waals surface area contributed by atoms with Crippen LogP contribution in [0.15, 0.2) is 29.1 Å². The third kappa shape index (κ3) is 3.62. The summed E-state index contributed by atoms with van der Waals surface area (Å²) in [5, 5.41) is 9.07. The maximum Gasteiger partial charge on any atom is 0.306 e. The van der Waals surface area contributed by atoms with Gasteiger partial charge >= 0.3 is 11.9 Å². The largest absolute Gasteiger partial charge is 0.481 e. The number of hydrogen-bond acceptors (Lipinski definition) is 8. The lowest BCUT2D eigenvalue weighted by Crippen LogP contribution is -2.37. The fourth-order valence-electron chi connectivity index (χ4n) is 2.66. The van der Waals surface area contributed by atoms with Gasteiger partial charge in [-0.15, -0.1) is 0 Å². The van der Waals surface area contributed by atoms with Gasteiger partial charge in [0.25, 0.3) is 0 Å². The van der Waals surface area contributed by atoms with Crippen LogP contribution in [0.3, 0.4) is 0 Å². The van der Waals surface area contributed by atoms with Gasteiger partial charge in [0, 0.05) is 13.1 Å². The average Bonchev–Trinajstić information content (AvgIpc) is 3.15. The first kappa shape index (κ1) is 16.6. The summed E-state index contributed by atoms with van der Waals surface area (Å²) in [6, 6.07) is 3.13. The molecule has 0 bridgehead atoms. The molecule has 1 aliphatic rings. The summed E-state index contributed by atoms with van der Waals surface area (Å²) in [5.41, 5.74) is 11.5. The number of carbonyl (C=O) groups excluding carboxylic acids is 1. The zero-order valence-corrected chi connectivity index (χ0v) is 13.3. The topological polar surface area (TPSA) is 147 Å². The number of nitrogens with one attached hydrogen (secondary N) is 2. The van der Waals surface area contributed by atoms with E-state index >= 15 is 0 Å². The Labute approximate surface area is 143 Å². The molecular weight excluding hydrogens is 328 g/mol. The Bertz CT molecular complexity index is 755. The van der Waals surface area contributed by atoms with Gasteiger partial charge in [-0.1, -0.05) is 0 Å². The van der Waals surface area contributed by atoms with Crippen LogP contribution >= 0.6 is 0 Å². The van der Waals surface area contributed by atoms with E-state index in [2.05, 4.69) is 20.8 Å². The van der Waals surface area contributed by atoms with Crippen LogP contribution in [0.5, 0.6) is 0 Å². The molecule has 3 rings (SSSR count). The molecule has 0 saturated carbocycles. The van der Waals surface area contributed by atoms with Crippen molar-refractivity contribution in [2.45, 2.75) is 12.8 Å². The highest BCUT2D eigenvalue weighted by Crippen LogP contribution is 2.29. The molecule has 0 aliphatic carbocycles. The summed E-state index contributed by atoms with van der Waals surface area (Å²) < 4.78 is 4.99. The molecule has 1 fully saturated rings. The van der Waals surface area contributed by atoms with E-state index in [9.17, 15) is 9.59 Å². The fraction of sp³-hybridized carbons (Fsp3) is 0.333. The first-order chi connectivity index (χ1) is 12.1. The van der Waals surface area contributed by atoms with Crippen LogP contribution in [0.2, 0.25) is 0 Å². The molecule has 132 valence electrons. The van der Waals surface area contributed by atoms with Crippen molar-refractivity contribution in [3.05, 3.63) is 30.5 Å². The number of rotatable bonds is 5. The number of nitrogen functional groups attached to an aromatic ring is 1. The summed E-state index contributed by atoms with van der Waals surface area (Å²) >= 11 is 0. The number of amides is 1. The monoisotopic (exact) mass is 346 g/mol. The molecule has 10 nitrogen and oxygen atoms in total. The number of carboxylic acid groups (broad SMARTS) is 1. The highest BCUT2D eigenvalue weighted by atomic mass is 16.4. The lowest BCUT2D eigenvalue weighted by molar-refractivity contribution is -0.142. The standard InChI is InChI=1S/C15H18N6O4/c16-11-12(19-20-14(22)10-2-1-7-25-10)17-8-18-13(11)21-5-3-9(4-6-21)15(23)24/h1-2,7-9H,3-6,16H2,(H,20,22)(H,23,24)(H,17,18,19). The van der Waals surface area contributed by atoms with Crippen LogP contribution in [-0.4, -0.2) is 40.0 Å². The Morgan fingerprint density at radius 3 is 2.72 bits per heavy atom. The number of carboxylic acids is 1. The zero-order chi connectivity index (χ0) is 17.8. The second kappa shape index (κ2) is 7.07. The van der Waals surface area contributed by atoms with E-state index < -0.39 is 11.9 Å². The zero-order valence-electron chi connectivity index (χ0n) is 13.3. The van der Waals surface area contributed by atoms with E-state index in [0.717, 1.165) is 0 Å². The molecule has 2 aromatic rings. The van der Waals surface area contributed by atoms with Gasteiger partial charge in [0.2, 0.25) is 0 Å². The Balaban J connectivity index is 1.66. The Morgan fingerprint density at radius 2 is 2.08 bits per heavy atom. The van der Waals surface area contributed by atoms with Crippen LogP contribution in [-0.2, 0) is 4.79 Å². The highest BCUT2D eigenvalue weighted by Gasteiger charge is 2.26. The number of aliphatic carboxylic acids is 1. The van der Waals surface area contributed by atoms with Crippen molar-refractivity contribution in [1.82, 2.24) is 15.4 Å². The molecule has 2 aromatic heterocycles. The maximum absolute atomic E-state index is 11.9. The number of piperidine rings is 1. The van der Waals surface area contributed by atoms with Crippen LogP contribution in [0.25, 0.3) is 0 Å². The van der Waals surface area contributed by atoms with Gasteiger partial charge in [-0.05, 0) is 25.0 Å². The summed E-state index contributed by atoms with van der Waals surface area (Å²) in [4.78, 5) is 33.0. The van der Waals surface area contributed by atoms with Crippen molar-refractivity contribution in [3.8, 4) is 0 Å². The average molecular weight is 346 g/mol. The molecule has 25 heavy (non-hydrogen) atoms. The van der Waals surface area contributed by atoms with E-state index in [1.807, 2.05) is 4.90 Å². The van der Waals surface area contributed by atoms with Crippen LogP contribution in [0.1, 0.15) is 23.4 Å². The molecule has 3 heterocycles. The van der Waals surface area contributed by atoms with Gasteiger partial charge in [0.1, 0.15) is 12.0 Å². The smallest absolute Gasteiger partial charge is 0.306 e. The van der Waals surface area contributed by atoms with Gasteiger partial charge in [0.05, 0.1) is 12.2 Å².